The Morgan fingerprint density at radius 1 is 1.53 bits per heavy atom. The second-order valence-electron chi connectivity index (χ2n) is 4.77. The molecule has 2 fully saturated rings. The first kappa shape index (κ1) is 12.8. The van der Waals surface area contributed by atoms with E-state index < -0.39 is 0 Å². The summed E-state index contributed by atoms with van der Waals surface area (Å²) in [5, 5.41) is 0. The number of nitrogens with zero attached hydrogens (tertiary/aromatic N) is 1. The minimum Gasteiger partial charge on any atom is -0.376 e. The molecule has 3 unspecified atom stereocenters. The van der Waals surface area contributed by atoms with Crippen LogP contribution in [0.25, 0.3) is 0 Å². The highest BCUT2D eigenvalue weighted by atomic mass is 16.5. The molecule has 0 aromatic heterocycles. The van der Waals surface area contributed by atoms with Crippen molar-refractivity contribution in [2.45, 2.75) is 38.1 Å². The van der Waals surface area contributed by atoms with Gasteiger partial charge in [0.25, 0.3) is 5.91 Å². The second kappa shape index (κ2) is 5.77. The SMILES string of the molecule is CC1CN(CC2CCC(C(=O)NN)O2)CCO1. The lowest BCUT2D eigenvalue weighted by atomic mass is 10.1. The number of ether oxygens (including phenoxy) is 2. The second-order valence-corrected chi connectivity index (χ2v) is 4.77. The summed E-state index contributed by atoms with van der Waals surface area (Å²) in [6.07, 6.45) is 1.73. The number of hydrogen-bond acceptors (Lipinski definition) is 5. The third-order valence-corrected chi connectivity index (χ3v) is 3.33. The maximum absolute atomic E-state index is 11.3. The molecule has 0 spiro atoms. The molecular formula is C11H21N3O3. The Bertz CT molecular complexity index is 275. The van der Waals surface area contributed by atoms with Crippen LogP contribution < -0.4 is 11.3 Å². The molecule has 1 amide bonds. The molecule has 2 heterocycles. The van der Waals surface area contributed by atoms with E-state index in [-0.39, 0.29) is 24.2 Å². The fourth-order valence-electron chi connectivity index (χ4n) is 2.47. The number of carbonyl (C=O) groups excluding carboxylic acids is 1. The van der Waals surface area contributed by atoms with E-state index in [1.54, 1.807) is 0 Å². The molecule has 2 aliphatic rings. The van der Waals surface area contributed by atoms with Crippen LogP contribution in [0.15, 0.2) is 0 Å². The molecular weight excluding hydrogens is 222 g/mol. The lowest BCUT2D eigenvalue weighted by Gasteiger charge is -2.32. The minimum absolute atomic E-state index is 0.141. The van der Waals surface area contributed by atoms with Crippen molar-refractivity contribution >= 4 is 5.91 Å². The number of nitrogens with one attached hydrogen (secondary N) is 1. The lowest BCUT2D eigenvalue weighted by Crippen LogP contribution is -2.45. The van der Waals surface area contributed by atoms with E-state index in [1.165, 1.54) is 0 Å². The Hall–Kier alpha value is -0.690. The van der Waals surface area contributed by atoms with Crippen LogP contribution in [0.2, 0.25) is 0 Å². The number of rotatable bonds is 3. The molecule has 3 N–H and O–H groups in total. The maximum atomic E-state index is 11.3. The van der Waals surface area contributed by atoms with Crippen molar-refractivity contribution < 1.29 is 14.3 Å². The van der Waals surface area contributed by atoms with Crippen LogP contribution in [-0.4, -0.2) is 55.4 Å². The maximum Gasteiger partial charge on any atom is 0.263 e. The predicted molar refractivity (Wildman–Crippen MR) is 62.1 cm³/mol. The Morgan fingerprint density at radius 3 is 3.06 bits per heavy atom. The van der Waals surface area contributed by atoms with Gasteiger partial charge in [-0.3, -0.25) is 15.1 Å². The Morgan fingerprint density at radius 2 is 2.35 bits per heavy atom. The summed E-state index contributed by atoms with van der Waals surface area (Å²) >= 11 is 0. The molecule has 17 heavy (non-hydrogen) atoms. The summed E-state index contributed by atoms with van der Waals surface area (Å²) in [6.45, 7) is 5.61. The van der Waals surface area contributed by atoms with Crippen molar-refractivity contribution in [3.63, 3.8) is 0 Å². The fraction of sp³-hybridized carbons (Fsp3) is 0.909. The normalized spacial score (nSPS) is 34.8. The van der Waals surface area contributed by atoms with Crippen molar-refractivity contribution in [1.29, 1.82) is 0 Å². The molecule has 6 nitrogen and oxygen atoms in total. The molecule has 0 bridgehead atoms. The van der Waals surface area contributed by atoms with Crippen molar-refractivity contribution in [2.75, 3.05) is 26.2 Å². The topological polar surface area (TPSA) is 76.8 Å². The molecule has 2 aliphatic heterocycles. The van der Waals surface area contributed by atoms with Gasteiger partial charge in [-0.2, -0.15) is 0 Å². The number of hydrogen-bond donors (Lipinski definition) is 2. The van der Waals surface area contributed by atoms with Crippen LogP contribution in [0.3, 0.4) is 0 Å². The zero-order chi connectivity index (χ0) is 12.3. The van der Waals surface area contributed by atoms with Gasteiger partial charge in [-0.1, -0.05) is 0 Å². The zero-order valence-electron chi connectivity index (χ0n) is 10.2. The van der Waals surface area contributed by atoms with Gasteiger partial charge in [0.2, 0.25) is 0 Å². The average molecular weight is 243 g/mol. The molecule has 2 rings (SSSR count). The van der Waals surface area contributed by atoms with Gasteiger partial charge in [0.15, 0.2) is 0 Å². The van der Waals surface area contributed by atoms with Gasteiger partial charge < -0.3 is 9.47 Å². The van der Waals surface area contributed by atoms with Gasteiger partial charge in [0, 0.05) is 19.6 Å². The number of hydrazine groups is 1. The van der Waals surface area contributed by atoms with E-state index >= 15 is 0 Å². The van der Waals surface area contributed by atoms with Crippen LogP contribution >= 0.6 is 0 Å². The number of morpholine rings is 1. The standard InChI is InChI=1S/C11H21N3O3/c1-8-6-14(4-5-16-8)7-9-2-3-10(17-9)11(15)13-12/h8-10H,2-7,12H2,1H3,(H,13,15). The summed E-state index contributed by atoms with van der Waals surface area (Å²) in [6, 6.07) is 0. The first-order valence-electron chi connectivity index (χ1n) is 6.19. The Kier molecular flexibility index (Phi) is 4.33. The van der Waals surface area contributed by atoms with Crippen LogP contribution in [0.4, 0.5) is 0 Å². The zero-order valence-corrected chi connectivity index (χ0v) is 10.2. The highest BCUT2D eigenvalue weighted by Gasteiger charge is 2.32. The van der Waals surface area contributed by atoms with Crippen LogP contribution in [0.5, 0.6) is 0 Å². The van der Waals surface area contributed by atoms with Gasteiger partial charge in [0.05, 0.1) is 18.8 Å². The molecule has 2 saturated heterocycles. The van der Waals surface area contributed by atoms with E-state index in [9.17, 15) is 4.79 Å². The highest BCUT2D eigenvalue weighted by Crippen LogP contribution is 2.21. The van der Waals surface area contributed by atoms with Crippen molar-refractivity contribution in [3.8, 4) is 0 Å². The van der Waals surface area contributed by atoms with E-state index in [0.29, 0.717) is 0 Å². The number of carbonyl (C=O) groups is 1. The average Bonchev–Trinajstić information content (AvgIpc) is 2.76. The van der Waals surface area contributed by atoms with E-state index in [4.69, 9.17) is 15.3 Å². The molecule has 0 aromatic rings. The van der Waals surface area contributed by atoms with Crippen LogP contribution in [0.1, 0.15) is 19.8 Å². The van der Waals surface area contributed by atoms with Crippen LogP contribution in [0, 0.1) is 0 Å². The number of nitrogens with two attached hydrogens (primary N) is 1. The van der Waals surface area contributed by atoms with Crippen molar-refractivity contribution in [1.82, 2.24) is 10.3 Å². The summed E-state index contributed by atoms with van der Waals surface area (Å²) < 4.78 is 11.2. The van der Waals surface area contributed by atoms with Gasteiger partial charge >= 0.3 is 0 Å². The molecule has 98 valence electrons. The third kappa shape index (κ3) is 3.38. The minimum atomic E-state index is -0.372. The molecule has 0 aliphatic carbocycles. The summed E-state index contributed by atoms with van der Waals surface area (Å²) in [5.41, 5.74) is 2.14. The number of amides is 1. The summed E-state index contributed by atoms with van der Waals surface area (Å²) in [4.78, 5) is 13.6. The molecule has 6 heteroatoms. The van der Waals surface area contributed by atoms with E-state index in [0.717, 1.165) is 39.1 Å². The van der Waals surface area contributed by atoms with Gasteiger partial charge in [-0.05, 0) is 19.8 Å². The van der Waals surface area contributed by atoms with Gasteiger partial charge in [-0.25, -0.2) is 5.84 Å². The first-order chi connectivity index (χ1) is 8.19. The van der Waals surface area contributed by atoms with Crippen molar-refractivity contribution in [3.05, 3.63) is 0 Å². The Balaban J connectivity index is 1.75. The predicted octanol–water partition coefficient (Wildman–Crippen LogP) is -0.755. The lowest BCUT2D eigenvalue weighted by molar-refractivity contribution is -0.133. The quantitative estimate of drug-likeness (QED) is 0.387. The summed E-state index contributed by atoms with van der Waals surface area (Å²) in [5.74, 6) is 4.87. The highest BCUT2D eigenvalue weighted by molar-refractivity contribution is 5.80. The van der Waals surface area contributed by atoms with Gasteiger partial charge in [-0.15, -0.1) is 0 Å². The molecule has 0 aromatic carbocycles. The summed E-state index contributed by atoms with van der Waals surface area (Å²) in [7, 11) is 0. The monoisotopic (exact) mass is 243 g/mol. The van der Waals surface area contributed by atoms with Crippen LogP contribution in [-0.2, 0) is 14.3 Å². The first-order valence-corrected chi connectivity index (χ1v) is 6.19. The Labute approximate surface area is 101 Å². The molecule has 0 radical (unpaired) electrons. The molecule has 3 atom stereocenters. The van der Waals surface area contributed by atoms with Crippen molar-refractivity contribution in [2.24, 2.45) is 5.84 Å². The van der Waals surface area contributed by atoms with Gasteiger partial charge in [0.1, 0.15) is 6.10 Å². The van der Waals surface area contributed by atoms with E-state index in [2.05, 4.69) is 17.2 Å². The third-order valence-electron chi connectivity index (χ3n) is 3.33. The smallest absolute Gasteiger partial charge is 0.263 e. The fourth-order valence-corrected chi connectivity index (χ4v) is 2.47. The molecule has 0 saturated carbocycles. The van der Waals surface area contributed by atoms with E-state index in [1.807, 2.05) is 0 Å². The largest absolute Gasteiger partial charge is 0.376 e.